The molecule has 0 amide bonds. The van der Waals surface area contributed by atoms with Gasteiger partial charge in [0.2, 0.25) is 0 Å². The molecule has 0 bridgehead atoms. The SMILES string of the molecule is CC(C)(C)c1ccc2c(c1)[cH-]c1cc(C(C)(C)C)ccc12.[CH2]=[Zr]([Cl])[Cl].c1cc[cH-]c1.c1ccc([CH-]c2ccccc2)cc1. The summed E-state index contributed by atoms with van der Waals surface area (Å²) >= 11 is -1.85. The van der Waals surface area contributed by atoms with Crippen LogP contribution in [0.1, 0.15) is 63.8 Å². The molecule has 6 aromatic rings. The van der Waals surface area contributed by atoms with Crippen LogP contribution in [0.4, 0.5) is 0 Å². The molecule has 0 aliphatic rings. The van der Waals surface area contributed by atoms with Gasteiger partial charge in [0.05, 0.1) is 0 Å². The third-order valence-electron chi connectivity index (χ3n) is 6.92. The van der Waals surface area contributed by atoms with Gasteiger partial charge in [0.25, 0.3) is 0 Å². The molecule has 0 unspecified atom stereocenters. The van der Waals surface area contributed by atoms with E-state index in [0.29, 0.717) is 0 Å². The molecule has 0 nitrogen and oxygen atoms in total. The Morgan fingerprint density at radius 3 is 1.26 bits per heavy atom. The van der Waals surface area contributed by atoms with E-state index in [9.17, 15) is 0 Å². The molecule has 0 saturated carbocycles. The van der Waals surface area contributed by atoms with Gasteiger partial charge in [-0.05, 0) is 10.8 Å². The zero-order valence-electron chi connectivity index (χ0n) is 26.2. The van der Waals surface area contributed by atoms with Gasteiger partial charge in [-0.2, -0.15) is 18.2 Å². The summed E-state index contributed by atoms with van der Waals surface area (Å²) in [6.45, 7) is 13.6. The summed E-state index contributed by atoms with van der Waals surface area (Å²) < 4.78 is 3.37. The van der Waals surface area contributed by atoms with E-state index in [2.05, 4.69) is 143 Å². The van der Waals surface area contributed by atoms with Crippen LogP contribution < -0.4 is 0 Å². The zero-order chi connectivity index (χ0) is 31.5. The molecular formula is C40H43Cl2Zr-3. The minimum Gasteiger partial charge on any atom is -0.214 e. The van der Waals surface area contributed by atoms with E-state index in [4.69, 9.17) is 17.0 Å². The summed E-state index contributed by atoms with van der Waals surface area (Å²) in [4.78, 5) is 0. The van der Waals surface area contributed by atoms with E-state index in [1.54, 1.807) is 0 Å². The van der Waals surface area contributed by atoms with Crippen LogP contribution in [-0.4, -0.2) is 4.21 Å². The van der Waals surface area contributed by atoms with Gasteiger partial charge >= 0.3 is 40.1 Å². The molecule has 0 radical (unpaired) electrons. The summed E-state index contributed by atoms with van der Waals surface area (Å²) in [6.07, 6.45) is 2.17. The first kappa shape index (κ1) is 34.8. The standard InChI is InChI=1S/C21H25.C13H11.C5H5.CH2.2ClH.Zr/c1-20(2,3)16-7-9-18-14(12-16)11-15-13-17(21(4,5)6)8-10-19(15)18;1-3-7-12(8-4-1)11-13-9-5-2-6-10-13;1-2-4-5-3-1;;;;/h7-13H,1-6H3;1-11H;1-5H;1H2;2*1H;/q3*-1;;;;+2/p-2. The number of hydrogen-bond donors (Lipinski definition) is 0. The first-order valence-corrected chi connectivity index (χ1v) is 22.7. The second-order valence-corrected chi connectivity index (χ2v) is 20.7. The molecule has 0 aliphatic carbocycles. The Balaban J connectivity index is 0.000000194. The van der Waals surface area contributed by atoms with Crippen molar-refractivity contribution in [3.63, 3.8) is 0 Å². The average Bonchev–Trinajstić information content (AvgIpc) is 3.65. The van der Waals surface area contributed by atoms with Crippen LogP contribution in [0.25, 0.3) is 21.5 Å². The van der Waals surface area contributed by atoms with Crippen molar-refractivity contribution in [3.05, 3.63) is 162 Å². The van der Waals surface area contributed by atoms with Crippen LogP contribution in [-0.2, 0) is 29.7 Å². The summed E-state index contributed by atoms with van der Waals surface area (Å²) in [7, 11) is 10.3. The Morgan fingerprint density at radius 2 is 0.953 bits per heavy atom. The fourth-order valence-corrected chi connectivity index (χ4v) is 4.57. The monoisotopic (exact) mass is 683 g/mol. The molecule has 6 rings (SSSR count). The molecule has 0 heterocycles. The minimum absolute atomic E-state index is 0.203. The topological polar surface area (TPSA) is 0 Å². The maximum atomic E-state index is 5.13. The smallest absolute Gasteiger partial charge is 0.0771 e. The molecule has 6 aromatic carbocycles. The summed E-state index contributed by atoms with van der Waals surface area (Å²) in [6, 6.07) is 46.9. The van der Waals surface area contributed by atoms with Crippen molar-refractivity contribution < 1.29 is 18.9 Å². The van der Waals surface area contributed by atoms with Crippen molar-refractivity contribution in [2.24, 2.45) is 0 Å². The van der Waals surface area contributed by atoms with Crippen LogP contribution in [0, 0.1) is 6.42 Å². The number of halogens is 2. The number of rotatable bonds is 2. The molecule has 0 aliphatic heterocycles. The van der Waals surface area contributed by atoms with E-state index in [1.165, 1.54) is 43.8 Å². The third-order valence-corrected chi connectivity index (χ3v) is 6.92. The summed E-state index contributed by atoms with van der Waals surface area (Å²) in [5.41, 5.74) is 5.70. The van der Waals surface area contributed by atoms with Gasteiger partial charge in [-0.3, -0.25) is 0 Å². The number of hydrogen-bond acceptors (Lipinski definition) is 0. The van der Waals surface area contributed by atoms with E-state index in [1.807, 2.05) is 42.5 Å². The Labute approximate surface area is 274 Å². The van der Waals surface area contributed by atoms with E-state index < -0.39 is 18.9 Å². The maximum Gasteiger partial charge on any atom is -0.0771 e. The molecule has 3 heteroatoms. The molecular weight excluding hydrogens is 643 g/mol. The van der Waals surface area contributed by atoms with Gasteiger partial charge in [-0.15, -0.1) is 81.6 Å². The van der Waals surface area contributed by atoms with Gasteiger partial charge in [0.1, 0.15) is 0 Å². The molecule has 224 valence electrons. The Morgan fingerprint density at radius 1 is 0.581 bits per heavy atom. The Kier molecular flexibility index (Phi) is 13.3. The molecule has 0 spiro atoms. The average molecular weight is 686 g/mol. The fraction of sp³-hybridized carbons (Fsp3) is 0.200. The normalized spacial score (nSPS) is 10.9. The molecule has 0 N–H and O–H groups in total. The van der Waals surface area contributed by atoms with E-state index >= 15 is 0 Å². The molecule has 0 atom stereocenters. The van der Waals surface area contributed by atoms with Gasteiger partial charge in [-0.25, -0.2) is 12.1 Å². The van der Waals surface area contributed by atoms with E-state index in [-0.39, 0.29) is 10.8 Å². The first-order valence-electron chi connectivity index (χ1n) is 14.6. The first-order chi connectivity index (χ1) is 20.3. The predicted molar refractivity (Wildman–Crippen MR) is 191 cm³/mol. The van der Waals surface area contributed by atoms with Crippen molar-refractivity contribution in [3.8, 4) is 0 Å². The van der Waals surface area contributed by atoms with E-state index in [0.717, 1.165) is 0 Å². The van der Waals surface area contributed by atoms with Crippen molar-refractivity contribution >= 4 is 42.8 Å². The number of benzene rings is 4. The maximum absolute atomic E-state index is 5.13. The van der Waals surface area contributed by atoms with Crippen LogP contribution in [0.15, 0.2) is 133 Å². The molecule has 43 heavy (non-hydrogen) atoms. The van der Waals surface area contributed by atoms with Crippen molar-refractivity contribution in [1.29, 1.82) is 0 Å². The third kappa shape index (κ3) is 11.7. The van der Waals surface area contributed by atoms with Crippen LogP contribution in [0.3, 0.4) is 0 Å². The summed E-state index contributed by atoms with van der Waals surface area (Å²) in [5.74, 6) is 0. The van der Waals surface area contributed by atoms with Gasteiger partial charge in [-0.1, -0.05) is 113 Å². The second-order valence-electron chi connectivity index (χ2n) is 12.5. The zero-order valence-corrected chi connectivity index (χ0v) is 30.2. The van der Waals surface area contributed by atoms with Crippen molar-refractivity contribution in [2.75, 3.05) is 0 Å². The quantitative estimate of drug-likeness (QED) is 0.159. The predicted octanol–water partition coefficient (Wildman–Crippen LogP) is 12.3. The van der Waals surface area contributed by atoms with Gasteiger partial charge in [0.15, 0.2) is 0 Å². The van der Waals surface area contributed by atoms with Gasteiger partial charge < -0.3 is 0 Å². The number of fused-ring (bicyclic) bond motifs is 3. The largest absolute Gasteiger partial charge is 0.214 e. The minimum atomic E-state index is -1.85. The molecule has 0 aromatic heterocycles. The molecule has 0 fully saturated rings. The van der Waals surface area contributed by atoms with Crippen molar-refractivity contribution in [2.45, 2.75) is 52.4 Å². The Hall–Kier alpha value is -2.70. The second kappa shape index (κ2) is 16.4. The van der Waals surface area contributed by atoms with Gasteiger partial charge in [0, 0.05) is 0 Å². The van der Waals surface area contributed by atoms with Crippen LogP contribution in [0.2, 0.25) is 0 Å². The Bertz CT molecular complexity index is 1540. The van der Waals surface area contributed by atoms with Crippen LogP contribution in [0.5, 0.6) is 0 Å². The summed E-state index contributed by atoms with van der Waals surface area (Å²) in [5, 5.41) is 5.48. The fourth-order valence-electron chi connectivity index (χ4n) is 4.57. The van der Waals surface area contributed by atoms with Crippen LogP contribution >= 0.6 is 17.0 Å². The molecule has 0 saturated heterocycles. The van der Waals surface area contributed by atoms with Crippen molar-refractivity contribution in [1.82, 2.24) is 0 Å².